The first-order valence-electron chi connectivity index (χ1n) is 6.65. The van der Waals surface area contributed by atoms with Crippen LogP contribution in [0, 0.1) is 6.92 Å². The number of nitrogens with two attached hydrogens (primary N) is 1. The molecule has 1 nitrogen and oxygen atoms in total. The van der Waals surface area contributed by atoms with Gasteiger partial charge in [-0.3, -0.25) is 0 Å². The number of benzene rings is 3. The zero-order valence-electron chi connectivity index (χ0n) is 11.3. The highest BCUT2D eigenvalue weighted by Crippen LogP contribution is 2.27. The lowest BCUT2D eigenvalue weighted by Crippen LogP contribution is -2.13. The SMILES string of the molecule is Cc1ccc(Cl)cc1C(N)c1ccc2ccccc2c1. The molecule has 2 heteroatoms. The Morgan fingerprint density at radius 1 is 0.900 bits per heavy atom. The topological polar surface area (TPSA) is 26.0 Å². The van der Waals surface area contributed by atoms with E-state index in [1.165, 1.54) is 10.8 Å². The Morgan fingerprint density at radius 3 is 2.45 bits per heavy atom. The summed E-state index contributed by atoms with van der Waals surface area (Å²) < 4.78 is 0. The Kier molecular flexibility index (Phi) is 3.47. The fourth-order valence-corrected chi connectivity index (χ4v) is 2.71. The molecule has 1 atom stereocenters. The lowest BCUT2D eigenvalue weighted by molar-refractivity contribution is 0.863. The molecule has 20 heavy (non-hydrogen) atoms. The van der Waals surface area contributed by atoms with Gasteiger partial charge in [0.05, 0.1) is 6.04 Å². The first-order chi connectivity index (χ1) is 9.65. The summed E-state index contributed by atoms with van der Waals surface area (Å²) in [4.78, 5) is 0. The van der Waals surface area contributed by atoms with Crippen molar-refractivity contribution in [1.82, 2.24) is 0 Å². The summed E-state index contributed by atoms with van der Waals surface area (Å²) in [7, 11) is 0. The molecule has 0 aliphatic rings. The second-order valence-corrected chi connectivity index (χ2v) is 5.52. The number of rotatable bonds is 2. The van der Waals surface area contributed by atoms with Crippen molar-refractivity contribution in [3.63, 3.8) is 0 Å². The van der Waals surface area contributed by atoms with Gasteiger partial charge < -0.3 is 5.73 Å². The van der Waals surface area contributed by atoms with E-state index in [1.54, 1.807) is 0 Å². The van der Waals surface area contributed by atoms with E-state index in [1.807, 2.05) is 30.3 Å². The normalized spacial score (nSPS) is 12.6. The van der Waals surface area contributed by atoms with Crippen molar-refractivity contribution in [2.45, 2.75) is 13.0 Å². The molecule has 2 N–H and O–H groups in total. The minimum atomic E-state index is -0.154. The highest BCUT2D eigenvalue weighted by atomic mass is 35.5. The van der Waals surface area contributed by atoms with Crippen LogP contribution in [0.4, 0.5) is 0 Å². The molecule has 0 saturated heterocycles. The largest absolute Gasteiger partial charge is 0.320 e. The minimum absolute atomic E-state index is 0.154. The Balaban J connectivity index is 2.07. The monoisotopic (exact) mass is 281 g/mol. The third kappa shape index (κ3) is 2.43. The Morgan fingerprint density at radius 2 is 1.65 bits per heavy atom. The average molecular weight is 282 g/mol. The maximum Gasteiger partial charge on any atom is 0.0555 e. The Bertz CT molecular complexity index is 764. The third-order valence-electron chi connectivity index (χ3n) is 3.71. The summed E-state index contributed by atoms with van der Waals surface area (Å²) in [5, 5.41) is 3.16. The van der Waals surface area contributed by atoms with Gasteiger partial charge in [-0.1, -0.05) is 54.1 Å². The van der Waals surface area contributed by atoms with Crippen molar-refractivity contribution in [2.75, 3.05) is 0 Å². The van der Waals surface area contributed by atoms with Gasteiger partial charge in [-0.05, 0) is 52.6 Å². The van der Waals surface area contributed by atoms with Crippen LogP contribution in [0.15, 0.2) is 60.7 Å². The van der Waals surface area contributed by atoms with Crippen molar-refractivity contribution < 1.29 is 0 Å². The molecule has 0 aromatic heterocycles. The van der Waals surface area contributed by atoms with Gasteiger partial charge in [-0.2, -0.15) is 0 Å². The standard InChI is InChI=1S/C18H16ClN/c1-12-6-9-16(19)11-17(12)18(20)15-8-7-13-4-2-3-5-14(13)10-15/h2-11,18H,20H2,1H3. The maximum absolute atomic E-state index is 6.42. The van der Waals surface area contributed by atoms with Crippen LogP contribution < -0.4 is 5.73 Å². The molecule has 0 aliphatic carbocycles. The molecule has 3 aromatic rings. The number of fused-ring (bicyclic) bond motifs is 1. The quantitative estimate of drug-likeness (QED) is 0.714. The number of hydrogen-bond acceptors (Lipinski definition) is 1. The van der Waals surface area contributed by atoms with Crippen LogP contribution in [0.1, 0.15) is 22.7 Å². The summed E-state index contributed by atoms with van der Waals surface area (Å²) in [6, 6.07) is 20.4. The number of hydrogen-bond donors (Lipinski definition) is 1. The molecule has 3 rings (SSSR count). The van der Waals surface area contributed by atoms with Crippen LogP contribution in [0.25, 0.3) is 10.8 Å². The average Bonchev–Trinajstić information content (AvgIpc) is 2.48. The molecule has 0 heterocycles. The van der Waals surface area contributed by atoms with Crippen LogP contribution in [-0.2, 0) is 0 Å². The molecular formula is C18H16ClN. The fourth-order valence-electron chi connectivity index (χ4n) is 2.53. The second-order valence-electron chi connectivity index (χ2n) is 5.09. The highest BCUT2D eigenvalue weighted by molar-refractivity contribution is 6.30. The van der Waals surface area contributed by atoms with Gasteiger partial charge in [0.15, 0.2) is 0 Å². The van der Waals surface area contributed by atoms with Crippen molar-refractivity contribution in [2.24, 2.45) is 5.73 Å². The first-order valence-corrected chi connectivity index (χ1v) is 7.03. The van der Waals surface area contributed by atoms with Crippen molar-refractivity contribution in [3.05, 3.63) is 82.4 Å². The highest BCUT2D eigenvalue weighted by Gasteiger charge is 2.12. The first kappa shape index (κ1) is 13.2. The molecule has 3 aromatic carbocycles. The number of halogens is 1. The molecular weight excluding hydrogens is 266 g/mol. The van der Waals surface area contributed by atoms with Crippen LogP contribution >= 0.6 is 11.6 Å². The third-order valence-corrected chi connectivity index (χ3v) is 3.94. The van der Waals surface area contributed by atoms with Gasteiger partial charge in [0, 0.05) is 5.02 Å². The van der Waals surface area contributed by atoms with Gasteiger partial charge in [-0.15, -0.1) is 0 Å². The number of aryl methyl sites for hydroxylation is 1. The summed E-state index contributed by atoms with van der Waals surface area (Å²) in [5.41, 5.74) is 9.76. The zero-order chi connectivity index (χ0) is 14.1. The molecule has 0 aliphatic heterocycles. The summed E-state index contributed by atoms with van der Waals surface area (Å²) in [5.74, 6) is 0. The van der Waals surface area contributed by atoms with Crippen LogP contribution in [0.2, 0.25) is 5.02 Å². The Hall–Kier alpha value is -1.83. The van der Waals surface area contributed by atoms with Gasteiger partial charge in [0.1, 0.15) is 0 Å². The van der Waals surface area contributed by atoms with E-state index in [2.05, 4.69) is 37.3 Å². The van der Waals surface area contributed by atoms with Gasteiger partial charge >= 0.3 is 0 Å². The van der Waals surface area contributed by atoms with E-state index in [-0.39, 0.29) is 6.04 Å². The van der Waals surface area contributed by atoms with E-state index in [0.29, 0.717) is 0 Å². The lowest BCUT2D eigenvalue weighted by Gasteiger charge is -2.16. The van der Waals surface area contributed by atoms with Crippen LogP contribution in [0.3, 0.4) is 0 Å². The van der Waals surface area contributed by atoms with E-state index in [4.69, 9.17) is 17.3 Å². The van der Waals surface area contributed by atoms with E-state index in [9.17, 15) is 0 Å². The van der Waals surface area contributed by atoms with Gasteiger partial charge in [0.25, 0.3) is 0 Å². The minimum Gasteiger partial charge on any atom is -0.320 e. The smallest absolute Gasteiger partial charge is 0.0555 e. The predicted molar refractivity (Wildman–Crippen MR) is 86.2 cm³/mol. The summed E-state index contributed by atoms with van der Waals surface area (Å²) >= 11 is 6.09. The van der Waals surface area contributed by atoms with Gasteiger partial charge in [-0.25, -0.2) is 0 Å². The van der Waals surface area contributed by atoms with E-state index in [0.717, 1.165) is 21.7 Å². The molecule has 1 unspecified atom stereocenters. The van der Waals surface area contributed by atoms with Crippen molar-refractivity contribution >= 4 is 22.4 Å². The molecule has 0 fully saturated rings. The molecule has 0 radical (unpaired) electrons. The predicted octanol–water partition coefficient (Wildman–Crippen LogP) is 4.85. The summed E-state index contributed by atoms with van der Waals surface area (Å²) in [6.45, 7) is 2.06. The second kappa shape index (κ2) is 5.28. The molecule has 0 spiro atoms. The molecule has 0 bridgehead atoms. The lowest BCUT2D eigenvalue weighted by atomic mass is 9.94. The summed E-state index contributed by atoms with van der Waals surface area (Å²) in [6.07, 6.45) is 0. The van der Waals surface area contributed by atoms with Crippen LogP contribution in [0.5, 0.6) is 0 Å². The van der Waals surface area contributed by atoms with Gasteiger partial charge in [0.2, 0.25) is 0 Å². The molecule has 100 valence electrons. The molecule has 0 saturated carbocycles. The van der Waals surface area contributed by atoms with Crippen molar-refractivity contribution in [1.29, 1.82) is 0 Å². The molecule has 0 amide bonds. The van der Waals surface area contributed by atoms with Crippen molar-refractivity contribution in [3.8, 4) is 0 Å². The Labute approximate surface area is 124 Å². The zero-order valence-corrected chi connectivity index (χ0v) is 12.1. The van der Waals surface area contributed by atoms with E-state index < -0.39 is 0 Å². The van der Waals surface area contributed by atoms with Crippen LogP contribution in [-0.4, -0.2) is 0 Å². The fraction of sp³-hybridized carbons (Fsp3) is 0.111. The van der Waals surface area contributed by atoms with E-state index >= 15 is 0 Å². The maximum atomic E-state index is 6.42.